The van der Waals surface area contributed by atoms with E-state index in [1.165, 1.54) is 48.8 Å². The quantitative estimate of drug-likeness (QED) is 0.272. The minimum atomic E-state index is 0.0748. The number of rotatable bonds is 7. The predicted molar refractivity (Wildman–Crippen MR) is 157 cm³/mol. The maximum absolute atomic E-state index is 13.4. The third kappa shape index (κ3) is 5.07. The number of hydrogen-bond donors (Lipinski definition) is 0. The van der Waals surface area contributed by atoms with Gasteiger partial charge in [0.1, 0.15) is 0 Å². The summed E-state index contributed by atoms with van der Waals surface area (Å²) in [6.45, 7) is 5.75. The lowest BCUT2D eigenvalue weighted by molar-refractivity contribution is 0.0545. The summed E-state index contributed by atoms with van der Waals surface area (Å²) >= 11 is 0. The zero-order chi connectivity index (χ0) is 26.4. The van der Waals surface area contributed by atoms with Crippen molar-refractivity contribution in [3.63, 3.8) is 0 Å². The van der Waals surface area contributed by atoms with Gasteiger partial charge >= 0.3 is 0 Å². The molecule has 39 heavy (non-hydrogen) atoms. The number of aliphatic imine (C=N–C) groups is 1. The van der Waals surface area contributed by atoms with Crippen LogP contribution in [0.15, 0.2) is 99.9 Å². The molecule has 0 aromatic heterocycles. The Morgan fingerprint density at radius 3 is 2.74 bits per heavy atom. The molecular weight excluding hydrogens is 478 g/mol. The van der Waals surface area contributed by atoms with Crippen LogP contribution < -0.4 is 0 Å². The summed E-state index contributed by atoms with van der Waals surface area (Å²) in [5, 5.41) is 0. The molecular formula is C36H37NO2. The monoisotopic (exact) mass is 515 g/mol. The number of benzene rings is 1. The Hall–Kier alpha value is -3.26. The van der Waals surface area contributed by atoms with Crippen LogP contribution in [0.2, 0.25) is 0 Å². The van der Waals surface area contributed by atoms with Gasteiger partial charge in [-0.25, -0.2) is 0 Å². The van der Waals surface area contributed by atoms with E-state index in [9.17, 15) is 4.79 Å². The highest BCUT2D eigenvalue weighted by atomic mass is 16.5. The molecule has 3 fully saturated rings. The molecule has 1 spiro atoms. The Balaban J connectivity index is 1.16. The first kappa shape index (κ1) is 24.8. The molecule has 7 rings (SSSR count). The van der Waals surface area contributed by atoms with E-state index >= 15 is 0 Å². The molecule has 1 atom stereocenters. The van der Waals surface area contributed by atoms with E-state index in [0.29, 0.717) is 13.2 Å². The maximum Gasteiger partial charge on any atom is 0.166 e. The van der Waals surface area contributed by atoms with E-state index in [1.807, 2.05) is 12.3 Å². The lowest BCUT2D eigenvalue weighted by Crippen LogP contribution is -2.23. The van der Waals surface area contributed by atoms with Gasteiger partial charge in [-0.3, -0.25) is 9.79 Å². The molecule has 0 N–H and O–H groups in total. The first-order chi connectivity index (χ1) is 19.1. The number of fused-ring (bicyclic) bond motifs is 2. The zero-order valence-corrected chi connectivity index (χ0v) is 22.8. The number of carbonyl (C=O) groups is 1. The molecule has 1 aromatic carbocycles. The Morgan fingerprint density at radius 1 is 1.10 bits per heavy atom. The Bertz CT molecular complexity index is 1440. The first-order valence-electron chi connectivity index (χ1n) is 14.8. The van der Waals surface area contributed by atoms with E-state index in [2.05, 4.69) is 60.9 Å². The van der Waals surface area contributed by atoms with Gasteiger partial charge in [0.05, 0.1) is 0 Å². The van der Waals surface area contributed by atoms with Gasteiger partial charge in [-0.1, -0.05) is 43.7 Å². The van der Waals surface area contributed by atoms with Crippen molar-refractivity contribution in [2.75, 3.05) is 13.2 Å². The fraction of sp³-hybridized carbons (Fsp3) is 0.417. The maximum atomic E-state index is 13.4. The van der Waals surface area contributed by atoms with Crippen LogP contribution in [0.3, 0.4) is 0 Å². The van der Waals surface area contributed by atoms with E-state index < -0.39 is 0 Å². The number of ether oxygens (including phenoxy) is 1. The fourth-order valence-electron chi connectivity index (χ4n) is 6.85. The van der Waals surface area contributed by atoms with Gasteiger partial charge in [-0.2, -0.15) is 0 Å². The van der Waals surface area contributed by atoms with Crippen LogP contribution in [0.25, 0.3) is 0 Å². The van der Waals surface area contributed by atoms with Crippen molar-refractivity contribution in [3.05, 3.63) is 112 Å². The van der Waals surface area contributed by atoms with Gasteiger partial charge in [-0.15, -0.1) is 5.73 Å². The second kappa shape index (κ2) is 10.0. The number of carbonyl (C=O) groups excluding carboxylic acids is 1. The third-order valence-corrected chi connectivity index (χ3v) is 9.53. The highest BCUT2D eigenvalue weighted by Gasteiger charge is 2.53. The summed E-state index contributed by atoms with van der Waals surface area (Å²) in [6, 6.07) is 6.52. The molecule has 0 radical (unpaired) electrons. The summed E-state index contributed by atoms with van der Waals surface area (Å²) < 4.78 is 5.50. The average Bonchev–Trinajstić information content (AvgIpc) is 3.86. The molecule has 2 aliphatic heterocycles. The highest BCUT2D eigenvalue weighted by molar-refractivity contribution is 5.98. The van der Waals surface area contributed by atoms with Crippen LogP contribution in [0, 0.1) is 11.8 Å². The van der Waals surface area contributed by atoms with Crippen LogP contribution in [0.5, 0.6) is 0 Å². The molecule has 3 nitrogen and oxygen atoms in total. The summed E-state index contributed by atoms with van der Waals surface area (Å²) in [7, 11) is 0. The molecule has 2 heterocycles. The summed E-state index contributed by atoms with van der Waals surface area (Å²) in [4.78, 5) is 18.5. The van der Waals surface area contributed by atoms with Crippen molar-refractivity contribution in [2.24, 2.45) is 16.8 Å². The number of nitrogens with zero attached hydrogens (tertiary/aromatic N) is 1. The van der Waals surface area contributed by atoms with Gasteiger partial charge in [0.15, 0.2) is 5.78 Å². The van der Waals surface area contributed by atoms with Crippen LogP contribution >= 0.6 is 0 Å². The zero-order valence-electron chi connectivity index (χ0n) is 22.8. The second-order valence-electron chi connectivity index (χ2n) is 12.4. The van der Waals surface area contributed by atoms with Gasteiger partial charge in [-0.05, 0) is 109 Å². The molecule has 6 aliphatic rings. The molecule has 1 unspecified atom stereocenters. The molecule has 3 heteroatoms. The van der Waals surface area contributed by atoms with Crippen molar-refractivity contribution in [1.82, 2.24) is 0 Å². The van der Waals surface area contributed by atoms with Crippen molar-refractivity contribution in [1.29, 1.82) is 0 Å². The van der Waals surface area contributed by atoms with Crippen molar-refractivity contribution in [3.8, 4) is 0 Å². The van der Waals surface area contributed by atoms with Crippen LogP contribution in [0.1, 0.15) is 85.2 Å². The molecule has 0 amide bonds. The van der Waals surface area contributed by atoms with Gasteiger partial charge in [0.25, 0.3) is 0 Å². The first-order valence-corrected chi connectivity index (χ1v) is 14.8. The minimum Gasteiger partial charge on any atom is -0.381 e. The standard InChI is InChI=1S/C36H37NO2/c1-24-18-30(28-5-3-2-4-26(20-28)9-8-25-6-7-25)23-37-34(19-24)32-22-36(14-15-36)33-11-10-29(21-31(32)33)35(38)27-12-16-39-17-13-27/h2-4,10-11,18-21,23,25,27,32H,1,6-9,12-17,22H2. The predicted octanol–water partition coefficient (Wildman–Crippen LogP) is 8.03. The minimum absolute atomic E-state index is 0.0748. The number of ketones is 1. The lowest BCUT2D eigenvalue weighted by atomic mass is 9.88. The van der Waals surface area contributed by atoms with E-state index in [-0.39, 0.29) is 23.0 Å². The van der Waals surface area contributed by atoms with E-state index in [0.717, 1.165) is 59.6 Å². The molecule has 1 aromatic rings. The van der Waals surface area contributed by atoms with E-state index in [4.69, 9.17) is 9.73 Å². The molecule has 0 bridgehead atoms. The Labute approximate surface area is 232 Å². The van der Waals surface area contributed by atoms with Crippen molar-refractivity contribution < 1.29 is 9.53 Å². The number of hydrogen-bond acceptors (Lipinski definition) is 3. The van der Waals surface area contributed by atoms with Crippen molar-refractivity contribution in [2.45, 2.75) is 69.1 Å². The van der Waals surface area contributed by atoms with Crippen LogP contribution in [0.4, 0.5) is 0 Å². The van der Waals surface area contributed by atoms with Crippen LogP contribution in [-0.4, -0.2) is 25.2 Å². The molecule has 198 valence electrons. The molecule has 4 aliphatic carbocycles. The lowest BCUT2D eigenvalue weighted by Gasteiger charge is -2.21. The van der Waals surface area contributed by atoms with Gasteiger partial charge in [0, 0.05) is 53.7 Å². The van der Waals surface area contributed by atoms with Gasteiger partial charge < -0.3 is 4.74 Å². The Morgan fingerprint density at radius 2 is 1.95 bits per heavy atom. The SMILES string of the molecule is C=C1C=C(C2=C=CC=CC(CCC3CC3)=C2)C=NC(C2CC3(CC3)c3ccc(C(=O)C4CCOCC4)cc32)=C1. The largest absolute Gasteiger partial charge is 0.381 e. The summed E-state index contributed by atoms with van der Waals surface area (Å²) in [5.74, 6) is 1.46. The third-order valence-electron chi connectivity index (χ3n) is 9.53. The van der Waals surface area contributed by atoms with E-state index in [1.54, 1.807) is 0 Å². The normalized spacial score (nSPS) is 25.4. The van der Waals surface area contributed by atoms with Crippen LogP contribution in [-0.2, 0) is 10.2 Å². The average molecular weight is 516 g/mol. The summed E-state index contributed by atoms with van der Waals surface area (Å²) in [6.07, 6.45) is 25.2. The topological polar surface area (TPSA) is 38.7 Å². The number of allylic oxidation sites excluding steroid dienone is 10. The smallest absolute Gasteiger partial charge is 0.166 e. The second-order valence-corrected chi connectivity index (χ2v) is 12.4. The van der Waals surface area contributed by atoms with Crippen molar-refractivity contribution >= 4 is 12.0 Å². The van der Waals surface area contributed by atoms with Gasteiger partial charge in [0.2, 0.25) is 0 Å². The highest BCUT2D eigenvalue weighted by Crippen LogP contribution is 2.62. The summed E-state index contributed by atoms with van der Waals surface area (Å²) in [5.41, 5.74) is 12.8. The molecule has 1 saturated heterocycles. The number of Topliss-reactive ketones (excluding diaryl/α,β-unsaturated/α-hetero) is 1. The Kier molecular flexibility index (Phi) is 6.38. The molecule has 2 saturated carbocycles. The fourth-order valence-corrected chi connectivity index (χ4v) is 6.85.